The van der Waals surface area contributed by atoms with Crippen molar-refractivity contribution in [3.05, 3.63) is 70.0 Å². The smallest absolute Gasteiger partial charge is 0.253 e. The third-order valence-corrected chi connectivity index (χ3v) is 6.21. The van der Waals surface area contributed by atoms with E-state index in [1.807, 2.05) is 56.9 Å². The molecule has 0 saturated carbocycles. The van der Waals surface area contributed by atoms with Crippen LogP contribution in [0.5, 0.6) is 0 Å². The lowest BCUT2D eigenvalue weighted by Crippen LogP contribution is -2.46. The minimum Gasteiger partial charge on any atom is -0.349 e. The van der Waals surface area contributed by atoms with E-state index in [2.05, 4.69) is 15.3 Å². The summed E-state index contributed by atoms with van der Waals surface area (Å²) >= 11 is 0. The van der Waals surface area contributed by atoms with Crippen LogP contribution in [-0.4, -0.2) is 45.8 Å². The van der Waals surface area contributed by atoms with Crippen LogP contribution < -0.4 is 5.32 Å². The Kier molecular flexibility index (Phi) is 5.72. The van der Waals surface area contributed by atoms with E-state index in [-0.39, 0.29) is 17.9 Å². The molecule has 0 radical (unpaired) electrons. The number of amides is 2. The predicted molar refractivity (Wildman–Crippen MR) is 121 cm³/mol. The second-order valence-electron chi connectivity index (χ2n) is 8.44. The molecule has 1 saturated heterocycles. The molecule has 2 aromatic carbocycles. The fourth-order valence-electron chi connectivity index (χ4n) is 3.92. The summed E-state index contributed by atoms with van der Waals surface area (Å²) in [4.78, 5) is 36.5. The summed E-state index contributed by atoms with van der Waals surface area (Å²) in [6.07, 6.45) is 1.49. The molecule has 0 spiro atoms. The first-order chi connectivity index (χ1) is 14.8. The largest absolute Gasteiger partial charge is 0.349 e. The van der Waals surface area contributed by atoms with Crippen LogP contribution in [0.3, 0.4) is 0 Å². The number of likely N-dealkylation sites (tertiary alicyclic amines) is 1. The summed E-state index contributed by atoms with van der Waals surface area (Å²) in [7, 11) is 0. The molecule has 4 rings (SSSR count). The molecule has 2 heterocycles. The Hall–Kier alpha value is -3.28. The number of carbonyl (C=O) groups is 2. The topological polar surface area (TPSA) is 75.2 Å². The number of hydrogen-bond acceptors (Lipinski definition) is 4. The lowest BCUT2D eigenvalue weighted by Gasteiger charge is -2.32. The van der Waals surface area contributed by atoms with Crippen molar-refractivity contribution in [3.8, 4) is 0 Å². The van der Waals surface area contributed by atoms with Crippen LogP contribution in [0.25, 0.3) is 11.0 Å². The number of aromatic nitrogens is 2. The van der Waals surface area contributed by atoms with Crippen LogP contribution in [0.4, 0.5) is 0 Å². The molecule has 6 heteroatoms. The van der Waals surface area contributed by atoms with Gasteiger partial charge in [-0.2, -0.15) is 0 Å². The number of aryl methyl sites for hydroxylation is 4. The Balaban J connectivity index is 1.37. The van der Waals surface area contributed by atoms with Crippen molar-refractivity contribution < 1.29 is 9.59 Å². The average Bonchev–Trinajstić information content (AvgIpc) is 2.76. The molecule has 1 aliphatic heterocycles. The molecule has 0 unspecified atom stereocenters. The quantitative estimate of drug-likeness (QED) is 0.703. The van der Waals surface area contributed by atoms with Gasteiger partial charge in [0, 0.05) is 30.3 Å². The number of rotatable bonds is 3. The number of hydrogen-bond donors (Lipinski definition) is 1. The predicted octanol–water partition coefficient (Wildman–Crippen LogP) is 3.90. The minimum absolute atomic E-state index is 0.0536. The average molecular weight is 417 g/mol. The van der Waals surface area contributed by atoms with Gasteiger partial charge in [-0.3, -0.25) is 9.59 Å². The Morgan fingerprint density at radius 2 is 1.48 bits per heavy atom. The standard InChI is InChI=1S/C25H28N4O2/c1-15-5-6-20(13-16(15)2)25(31)29-11-9-21(10-12-29)28-24(30)19-7-8-22-23(14-19)27-18(4)17(3)26-22/h5-8,13-14,21H,9-12H2,1-4H3,(H,28,30). The zero-order valence-electron chi connectivity index (χ0n) is 18.5. The summed E-state index contributed by atoms with van der Waals surface area (Å²) in [5.41, 5.74) is 6.90. The van der Waals surface area contributed by atoms with Crippen molar-refractivity contribution in [2.24, 2.45) is 0 Å². The monoisotopic (exact) mass is 416 g/mol. The van der Waals surface area contributed by atoms with Gasteiger partial charge >= 0.3 is 0 Å². The zero-order chi connectivity index (χ0) is 22.1. The molecule has 3 aromatic rings. The van der Waals surface area contributed by atoms with Crippen LogP contribution >= 0.6 is 0 Å². The van der Waals surface area contributed by atoms with Crippen molar-refractivity contribution in [3.63, 3.8) is 0 Å². The van der Waals surface area contributed by atoms with E-state index in [0.717, 1.165) is 46.4 Å². The van der Waals surface area contributed by atoms with Crippen LogP contribution in [-0.2, 0) is 0 Å². The van der Waals surface area contributed by atoms with Crippen molar-refractivity contribution in [1.29, 1.82) is 0 Å². The second kappa shape index (κ2) is 8.46. The Morgan fingerprint density at radius 1 is 0.839 bits per heavy atom. The molecule has 6 nitrogen and oxygen atoms in total. The van der Waals surface area contributed by atoms with Gasteiger partial charge in [0.1, 0.15) is 0 Å². The molecule has 1 fully saturated rings. The summed E-state index contributed by atoms with van der Waals surface area (Å²) in [6.45, 7) is 9.19. The molecule has 2 amide bonds. The van der Waals surface area contributed by atoms with Gasteiger partial charge in [0.2, 0.25) is 0 Å². The van der Waals surface area contributed by atoms with Crippen molar-refractivity contribution in [2.45, 2.75) is 46.6 Å². The number of fused-ring (bicyclic) bond motifs is 1. The first-order valence-corrected chi connectivity index (χ1v) is 10.7. The zero-order valence-corrected chi connectivity index (χ0v) is 18.5. The van der Waals surface area contributed by atoms with Crippen LogP contribution in [0.1, 0.15) is 56.1 Å². The molecule has 0 aliphatic carbocycles. The molecule has 1 N–H and O–H groups in total. The fraction of sp³-hybridized carbons (Fsp3) is 0.360. The van der Waals surface area contributed by atoms with E-state index >= 15 is 0 Å². The highest BCUT2D eigenvalue weighted by Gasteiger charge is 2.25. The highest BCUT2D eigenvalue weighted by molar-refractivity contribution is 5.97. The molecule has 1 aromatic heterocycles. The van der Waals surface area contributed by atoms with Gasteiger partial charge in [-0.15, -0.1) is 0 Å². The Morgan fingerprint density at radius 3 is 2.16 bits per heavy atom. The maximum Gasteiger partial charge on any atom is 0.253 e. The van der Waals surface area contributed by atoms with Gasteiger partial charge in [-0.05, 0) is 82.0 Å². The van der Waals surface area contributed by atoms with Gasteiger partial charge in [0.05, 0.1) is 22.4 Å². The lowest BCUT2D eigenvalue weighted by atomic mass is 10.0. The number of benzene rings is 2. The summed E-state index contributed by atoms with van der Waals surface area (Å²) in [6, 6.07) is 11.3. The van der Waals surface area contributed by atoms with Gasteiger partial charge in [0.25, 0.3) is 11.8 Å². The van der Waals surface area contributed by atoms with E-state index < -0.39 is 0 Å². The fourth-order valence-corrected chi connectivity index (χ4v) is 3.92. The summed E-state index contributed by atoms with van der Waals surface area (Å²) in [5.74, 6) is -0.0486. The van der Waals surface area contributed by atoms with E-state index in [9.17, 15) is 9.59 Å². The van der Waals surface area contributed by atoms with Gasteiger partial charge in [-0.25, -0.2) is 9.97 Å². The molecule has 160 valence electrons. The summed E-state index contributed by atoms with van der Waals surface area (Å²) in [5, 5.41) is 3.12. The third-order valence-electron chi connectivity index (χ3n) is 6.21. The van der Waals surface area contributed by atoms with Crippen molar-refractivity contribution in [1.82, 2.24) is 20.2 Å². The molecule has 0 bridgehead atoms. The first-order valence-electron chi connectivity index (χ1n) is 10.7. The van der Waals surface area contributed by atoms with E-state index in [1.165, 1.54) is 5.56 Å². The van der Waals surface area contributed by atoms with E-state index in [0.29, 0.717) is 18.7 Å². The van der Waals surface area contributed by atoms with Gasteiger partial charge < -0.3 is 10.2 Å². The number of piperidine rings is 1. The summed E-state index contributed by atoms with van der Waals surface area (Å²) < 4.78 is 0. The normalized spacial score (nSPS) is 14.6. The van der Waals surface area contributed by atoms with Crippen LogP contribution in [0.2, 0.25) is 0 Å². The highest BCUT2D eigenvalue weighted by atomic mass is 16.2. The maximum atomic E-state index is 12.8. The third kappa shape index (κ3) is 4.43. The Bertz CT molecular complexity index is 1160. The lowest BCUT2D eigenvalue weighted by molar-refractivity contribution is 0.0698. The van der Waals surface area contributed by atoms with Crippen molar-refractivity contribution in [2.75, 3.05) is 13.1 Å². The minimum atomic E-state index is -0.110. The molecule has 1 aliphatic rings. The highest BCUT2D eigenvalue weighted by Crippen LogP contribution is 2.18. The van der Waals surface area contributed by atoms with Crippen LogP contribution in [0, 0.1) is 27.7 Å². The van der Waals surface area contributed by atoms with Gasteiger partial charge in [-0.1, -0.05) is 6.07 Å². The maximum absolute atomic E-state index is 12.8. The number of carbonyl (C=O) groups excluding carboxylic acids is 2. The molecular formula is C25H28N4O2. The van der Waals surface area contributed by atoms with Crippen LogP contribution in [0.15, 0.2) is 36.4 Å². The first kappa shape index (κ1) is 21.0. The number of nitrogens with zero attached hydrogens (tertiary/aromatic N) is 3. The molecule has 0 atom stereocenters. The van der Waals surface area contributed by atoms with E-state index in [1.54, 1.807) is 12.1 Å². The van der Waals surface area contributed by atoms with E-state index in [4.69, 9.17) is 0 Å². The van der Waals surface area contributed by atoms with Crippen molar-refractivity contribution >= 4 is 22.8 Å². The SMILES string of the molecule is Cc1ccc(C(=O)N2CCC(NC(=O)c3ccc4nc(C)c(C)nc4c3)CC2)cc1C. The van der Waals surface area contributed by atoms with Gasteiger partial charge in [0.15, 0.2) is 0 Å². The Labute approximate surface area is 182 Å². The molecule has 31 heavy (non-hydrogen) atoms. The number of nitrogens with one attached hydrogen (secondary N) is 1. The molecular weight excluding hydrogens is 388 g/mol. The second-order valence-corrected chi connectivity index (χ2v) is 8.44.